The minimum Gasteiger partial charge on any atom is -0.489 e. The Kier molecular flexibility index (Phi) is 6.19. The fourth-order valence-electron chi connectivity index (χ4n) is 2.84. The molecule has 1 aliphatic rings. The first kappa shape index (κ1) is 20.1. The lowest BCUT2D eigenvalue weighted by Gasteiger charge is -2.23. The van der Waals surface area contributed by atoms with Gasteiger partial charge in [-0.3, -0.25) is 0 Å². The van der Waals surface area contributed by atoms with Crippen molar-refractivity contribution >= 4 is 6.09 Å². The zero-order valence-corrected chi connectivity index (χ0v) is 16.4. The third-order valence-electron chi connectivity index (χ3n) is 4.15. The van der Waals surface area contributed by atoms with Crippen molar-refractivity contribution in [3.63, 3.8) is 0 Å². The molecule has 0 aromatic heterocycles. The van der Waals surface area contributed by atoms with Gasteiger partial charge < -0.3 is 19.5 Å². The van der Waals surface area contributed by atoms with Crippen molar-refractivity contribution in [1.82, 2.24) is 5.32 Å². The largest absolute Gasteiger partial charge is 0.489 e. The van der Waals surface area contributed by atoms with Crippen molar-refractivity contribution in [2.75, 3.05) is 6.61 Å². The van der Waals surface area contributed by atoms with Crippen molar-refractivity contribution in [3.05, 3.63) is 65.5 Å². The molecule has 2 aromatic carbocycles. The molecular weight excluding hydrogens is 361 g/mol. The molecule has 2 aromatic rings. The number of halogens is 1. The summed E-state index contributed by atoms with van der Waals surface area (Å²) >= 11 is 0. The van der Waals surface area contributed by atoms with Crippen LogP contribution in [0, 0.1) is 5.82 Å². The average molecular weight is 387 g/mol. The first-order valence-corrected chi connectivity index (χ1v) is 9.36. The number of hydrogen-bond donors (Lipinski definition) is 1. The number of ether oxygens (including phenoxy) is 3. The van der Waals surface area contributed by atoms with Crippen LogP contribution in [0.5, 0.6) is 5.75 Å². The van der Waals surface area contributed by atoms with E-state index in [4.69, 9.17) is 14.2 Å². The van der Waals surface area contributed by atoms with Crippen LogP contribution in [0.1, 0.15) is 31.9 Å². The molecule has 1 amide bonds. The van der Waals surface area contributed by atoms with Crippen molar-refractivity contribution in [2.24, 2.45) is 0 Å². The summed E-state index contributed by atoms with van der Waals surface area (Å²) in [7, 11) is 0. The molecule has 1 fully saturated rings. The van der Waals surface area contributed by atoms with Crippen LogP contribution >= 0.6 is 0 Å². The maximum Gasteiger partial charge on any atom is 0.407 e. The number of amides is 1. The van der Waals surface area contributed by atoms with Gasteiger partial charge in [-0.05, 0) is 50.5 Å². The number of hydrogen-bond acceptors (Lipinski definition) is 4. The Morgan fingerprint density at radius 1 is 1.21 bits per heavy atom. The molecule has 1 N–H and O–H groups in total. The van der Waals surface area contributed by atoms with Crippen LogP contribution in [-0.2, 0) is 22.5 Å². The summed E-state index contributed by atoms with van der Waals surface area (Å²) in [6, 6.07) is 14.0. The van der Waals surface area contributed by atoms with Gasteiger partial charge in [-0.2, -0.15) is 0 Å². The van der Waals surface area contributed by atoms with Gasteiger partial charge in [0.2, 0.25) is 0 Å². The van der Waals surface area contributed by atoms with Crippen LogP contribution in [0.3, 0.4) is 0 Å². The Hall–Kier alpha value is -2.60. The van der Waals surface area contributed by atoms with Gasteiger partial charge in [-0.25, -0.2) is 9.18 Å². The Labute approximate surface area is 164 Å². The molecule has 150 valence electrons. The third kappa shape index (κ3) is 6.53. The number of carbonyl (C=O) groups excluding carboxylic acids is 1. The van der Waals surface area contributed by atoms with Gasteiger partial charge in [0.15, 0.2) is 0 Å². The van der Waals surface area contributed by atoms with E-state index in [9.17, 15) is 9.18 Å². The Bertz CT molecular complexity index is 800. The van der Waals surface area contributed by atoms with E-state index in [-0.39, 0.29) is 18.0 Å². The zero-order valence-electron chi connectivity index (χ0n) is 16.4. The van der Waals surface area contributed by atoms with Crippen molar-refractivity contribution in [1.29, 1.82) is 0 Å². The van der Waals surface area contributed by atoms with Gasteiger partial charge in [0.25, 0.3) is 0 Å². The molecule has 1 aliphatic heterocycles. The number of nitrogens with one attached hydrogen (secondary N) is 1. The summed E-state index contributed by atoms with van der Waals surface area (Å²) in [6.45, 7) is 6.33. The summed E-state index contributed by atoms with van der Waals surface area (Å²) in [4.78, 5) is 12.1. The maximum absolute atomic E-state index is 14.1. The van der Waals surface area contributed by atoms with Crippen LogP contribution in [0.15, 0.2) is 48.5 Å². The second-order valence-corrected chi connectivity index (χ2v) is 7.90. The maximum atomic E-state index is 14.1. The van der Waals surface area contributed by atoms with Gasteiger partial charge >= 0.3 is 6.09 Å². The molecular formula is C22H26FNO4. The van der Waals surface area contributed by atoms with E-state index in [1.54, 1.807) is 26.8 Å². The molecule has 0 aliphatic carbocycles. The first-order valence-electron chi connectivity index (χ1n) is 9.36. The lowest BCUT2D eigenvalue weighted by Crippen LogP contribution is -2.43. The van der Waals surface area contributed by atoms with Crippen LogP contribution in [0.4, 0.5) is 9.18 Å². The number of alkyl carbamates (subject to hydrolysis) is 1. The van der Waals surface area contributed by atoms with Gasteiger partial charge in [-0.1, -0.05) is 30.3 Å². The van der Waals surface area contributed by atoms with E-state index in [0.717, 1.165) is 11.1 Å². The van der Waals surface area contributed by atoms with Gasteiger partial charge in [0.05, 0.1) is 12.6 Å². The van der Waals surface area contributed by atoms with Crippen molar-refractivity contribution in [2.45, 2.75) is 51.5 Å². The Morgan fingerprint density at radius 2 is 1.93 bits per heavy atom. The summed E-state index contributed by atoms with van der Waals surface area (Å²) in [6.07, 6.45) is -0.182. The molecule has 2 atom stereocenters. The molecule has 3 rings (SSSR count). The summed E-state index contributed by atoms with van der Waals surface area (Å²) in [5.41, 5.74) is 1.14. The van der Waals surface area contributed by atoms with Crippen molar-refractivity contribution < 1.29 is 23.4 Å². The standard InChI is InChI=1S/C22H26FNO4/c1-22(2,3)28-21(25)24-19(20-14-27-20)11-16-9-17(23)12-18(10-16)26-13-15-7-5-4-6-8-15/h4-10,12,19-20H,11,13-14H2,1-3H3,(H,24,25)/t19-,20+/m0/s1. The highest BCUT2D eigenvalue weighted by molar-refractivity contribution is 5.68. The number of carbonyl (C=O) groups is 1. The van der Waals surface area contributed by atoms with E-state index in [0.29, 0.717) is 25.4 Å². The van der Waals surface area contributed by atoms with E-state index in [1.807, 2.05) is 30.3 Å². The minimum atomic E-state index is -0.587. The smallest absolute Gasteiger partial charge is 0.407 e. The molecule has 1 heterocycles. The Morgan fingerprint density at radius 3 is 2.57 bits per heavy atom. The van der Waals surface area contributed by atoms with Gasteiger partial charge in [0, 0.05) is 6.07 Å². The van der Waals surface area contributed by atoms with Crippen LogP contribution < -0.4 is 10.1 Å². The molecule has 0 unspecified atom stereocenters. The predicted molar refractivity (Wildman–Crippen MR) is 104 cm³/mol. The van der Waals surface area contributed by atoms with Gasteiger partial charge in [0.1, 0.15) is 29.9 Å². The second kappa shape index (κ2) is 8.61. The molecule has 6 heteroatoms. The molecule has 5 nitrogen and oxygen atoms in total. The number of epoxide rings is 1. The quantitative estimate of drug-likeness (QED) is 0.722. The lowest BCUT2D eigenvalue weighted by atomic mass is 10.0. The topological polar surface area (TPSA) is 60.1 Å². The fourth-order valence-corrected chi connectivity index (χ4v) is 2.84. The highest BCUT2D eigenvalue weighted by Gasteiger charge is 2.35. The highest BCUT2D eigenvalue weighted by Crippen LogP contribution is 2.23. The SMILES string of the molecule is CC(C)(C)OC(=O)N[C@@H](Cc1cc(F)cc(OCc2ccccc2)c1)[C@H]1CO1. The minimum absolute atomic E-state index is 0.0931. The van der Waals surface area contributed by atoms with E-state index >= 15 is 0 Å². The second-order valence-electron chi connectivity index (χ2n) is 7.90. The predicted octanol–water partition coefficient (Wildman–Crippen LogP) is 4.24. The highest BCUT2D eigenvalue weighted by atomic mass is 19.1. The van der Waals surface area contributed by atoms with Crippen LogP contribution in [-0.4, -0.2) is 30.4 Å². The van der Waals surface area contributed by atoms with Crippen molar-refractivity contribution in [3.8, 4) is 5.75 Å². The number of rotatable bonds is 7. The molecule has 1 saturated heterocycles. The lowest BCUT2D eigenvalue weighted by molar-refractivity contribution is 0.0495. The van der Waals surface area contributed by atoms with E-state index in [2.05, 4.69) is 5.32 Å². The molecule has 0 saturated carbocycles. The Balaban J connectivity index is 1.64. The van der Waals surface area contributed by atoms with Gasteiger partial charge in [-0.15, -0.1) is 0 Å². The third-order valence-corrected chi connectivity index (χ3v) is 4.15. The summed E-state index contributed by atoms with van der Waals surface area (Å²) < 4.78 is 30.5. The fraction of sp³-hybridized carbons (Fsp3) is 0.409. The van der Waals surface area contributed by atoms with E-state index in [1.165, 1.54) is 12.1 Å². The van der Waals surface area contributed by atoms with Crippen LogP contribution in [0.2, 0.25) is 0 Å². The first-order chi connectivity index (χ1) is 13.3. The molecule has 0 radical (unpaired) electrons. The van der Waals surface area contributed by atoms with E-state index < -0.39 is 11.7 Å². The monoisotopic (exact) mass is 387 g/mol. The molecule has 0 spiro atoms. The van der Waals surface area contributed by atoms with Crippen LogP contribution in [0.25, 0.3) is 0 Å². The molecule has 0 bridgehead atoms. The summed E-state index contributed by atoms with van der Waals surface area (Å²) in [5, 5.41) is 2.83. The average Bonchev–Trinajstić information content (AvgIpc) is 3.43. The summed E-state index contributed by atoms with van der Waals surface area (Å²) in [5.74, 6) is 0.0693. The zero-order chi connectivity index (χ0) is 20.1. The normalized spacial score (nSPS) is 16.9. The number of benzene rings is 2. The molecule has 28 heavy (non-hydrogen) atoms.